The van der Waals surface area contributed by atoms with Gasteiger partial charge in [-0.15, -0.1) is 0 Å². The first kappa shape index (κ1) is 20.3. The van der Waals surface area contributed by atoms with E-state index in [9.17, 15) is 23.3 Å². The van der Waals surface area contributed by atoms with Crippen LogP contribution < -0.4 is 9.46 Å². The molecule has 0 spiro atoms. The van der Waals surface area contributed by atoms with Gasteiger partial charge in [-0.3, -0.25) is 14.8 Å². The summed E-state index contributed by atoms with van der Waals surface area (Å²) >= 11 is 0.926. The van der Waals surface area contributed by atoms with E-state index in [0.29, 0.717) is 10.4 Å². The Kier molecular flexibility index (Phi) is 5.52. The van der Waals surface area contributed by atoms with Crippen LogP contribution in [-0.4, -0.2) is 24.6 Å². The summed E-state index contributed by atoms with van der Waals surface area (Å²) in [5, 5.41) is 20.0. The number of carbonyl (C=O) groups is 1. The molecule has 3 aromatic rings. The van der Waals surface area contributed by atoms with Gasteiger partial charge in [-0.25, -0.2) is 13.2 Å². The van der Waals surface area contributed by atoms with Crippen LogP contribution in [0, 0.1) is 17.0 Å². The van der Waals surface area contributed by atoms with Crippen LogP contribution in [0.25, 0.3) is 10.4 Å². The van der Waals surface area contributed by atoms with Crippen molar-refractivity contribution in [2.24, 2.45) is 0 Å². The van der Waals surface area contributed by atoms with Crippen molar-refractivity contribution < 1.29 is 28.0 Å². The summed E-state index contributed by atoms with van der Waals surface area (Å²) in [5.41, 5.74) is 0.523. The molecule has 0 unspecified atom stereocenters. The number of benzene rings is 2. The van der Waals surface area contributed by atoms with Gasteiger partial charge in [0.15, 0.2) is 4.90 Å². The molecule has 11 heteroatoms. The van der Waals surface area contributed by atoms with Gasteiger partial charge in [0.1, 0.15) is 5.69 Å². The third kappa shape index (κ3) is 4.52. The average molecular weight is 434 g/mol. The maximum Gasteiger partial charge on any atom is 0.512 e. The summed E-state index contributed by atoms with van der Waals surface area (Å²) in [6, 6.07) is 14.0. The van der Waals surface area contributed by atoms with Gasteiger partial charge >= 0.3 is 6.16 Å². The molecule has 0 fully saturated rings. The number of aryl methyl sites for hydroxylation is 1. The van der Waals surface area contributed by atoms with E-state index < -0.39 is 31.7 Å². The van der Waals surface area contributed by atoms with Gasteiger partial charge in [-0.2, -0.15) is 0 Å². The van der Waals surface area contributed by atoms with E-state index in [0.717, 1.165) is 29.0 Å². The molecule has 0 saturated heterocycles. The largest absolute Gasteiger partial charge is 0.512 e. The van der Waals surface area contributed by atoms with Crippen LogP contribution in [0.5, 0.6) is 5.06 Å². The number of carboxylic acid groups (broad SMARTS) is 1. The van der Waals surface area contributed by atoms with E-state index in [-0.39, 0.29) is 10.8 Å². The quantitative estimate of drug-likeness (QED) is 0.331. The Morgan fingerprint density at radius 3 is 2.48 bits per heavy atom. The highest BCUT2D eigenvalue weighted by atomic mass is 32.2. The fourth-order valence-corrected chi connectivity index (χ4v) is 4.78. The molecule has 0 bridgehead atoms. The lowest BCUT2D eigenvalue weighted by Gasteiger charge is -2.09. The summed E-state index contributed by atoms with van der Waals surface area (Å²) < 4.78 is 32.5. The first-order chi connectivity index (χ1) is 13.7. The molecular weight excluding hydrogens is 420 g/mol. The number of thiophene rings is 1. The number of hydrogen-bond acceptors (Lipinski definition) is 7. The van der Waals surface area contributed by atoms with Crippen LogP contribution in [0.1, 0.15) is 5.56 Å². The number of nitro groups is 1. The highest BCUT2D eigenvalue weighted by molar-refractivity contribution is 7.93. The molecule has 150 valence electrons. The average Bonchev–Trinajstić information content (AvgIpc) is 3.03. The SMILES string of the molecule is Cc1ccc(S(=O)(=O)Nc2cc(-c3ccccc3)sc2OC(=O)O)c([N+](=O)[O-])c1. The maximum absolute atomic E-state index is 12.8. The molecular formula is C18H14N2O7S2. The minimum atomic E-state index is -4.39. The van der Waals surface area contributed by atoms with E-state index in [1.165, 1.54) is 12.1 Å². The van der Waals surface area contributed by atoms with E-state index in [4.69, 9.17) is 9.84 Å². The Hall–Kier alpha value is -3.44. The number of sulfonamides is 1. The summed E-state index contributed by atoms with van der Waals surface area (Å²) in [5.74, 6) is 0. The molecule has 2 aromatic carbocycles. The zero-order chi connectivity index (χ0) is 21.2. The Morgan fingerprint density at radius 1 is 1.17 bits per heavy atom. The van der Waals surface area contributed by atoms with Crippen LogP contribution in [0.3, 0.4) is 0 Å². The summed E-state index contributed by atoms with van der Waals surface area (Å²) in [4.78, 5) is 21.5. The Morgan fingerprint density at radius 2 is 1.86 bits per heavy atom. The molecule has 0 aliphatic rings. The number of nitrogens with zero attached hydrogens (tertiary/aromatic N) is 1. The Labute approximate surface area is 169 Å². The van der Waals surface area contributed by atoms with Crippen LogP contribution >= 0.6 is 11.3 Å². The number of anilines is 1. The van der Waals surface area contributed by atoms with E-state index >= 15 is 0 Å². The van der Waals surface area contributed by atoms with Crippen molar-refractivity contribution in [2.75, 3.05) is 4.72 Å². The van der Waals surface area contributed by atoms with E-state index in [1.807, 2.05) is 0 Å². The van der Waals surface area contributed by atoms with Gasteiger partial charge in [-0.1, -0.05) is 47.7 Å². The zero-order valence-electron chi connectivity index (χ0n) is 14.9. The van der Waals surface area contributed by atoms with Crippen LogP contribution in [0.15, 0.2) is 59.5 Å². The third-order valence-electron chi connectivity index (χ3n) is 3.78. The second-order valence-electron chi connectivity index (χ2n) is 5.88. The molecule has 0 aliphatic heterocycles. The molecule has 29 heavy (non-hydrogen) atoms. The van der Waals surface area contributed by atoms with Gasteiger partial charge in [-0.05, 0) is 30.2 Å². The molecule has 0 radical (unpaired) electrons. The van der Waals surface area contributed by atoms with Crippen molar-refractivity contribution in [2.45, 2.75) is 11.8 Å². The van der Waals surface area contributed by atoms with Crippen molar-refractivity contribution in [3.8, 4) is 15.5 Å². The second kappa shape index (κ2) is 7.89. The number of rotatable bonds is 6. The molecule has 0 aliphatic carbocycles. The summed E-state index contributed by atoms with van der Waals surface area (Å²) in [6.07, 6.45) is -1.62. The standard InChI is InChI=1S/C18H14N2O7S2/c1-11-7-8-16(14(9-11)20(23)24)29(25,26)19-13-10-15(12-5-3-2-4-6-12)28-17(13)27-18(21)22/h2-10,19H,1H3,(H,21,22). The van der Waals surface area contributed by atoms with Crippen molar-refractivity contribution in [1.82, 2.24) is 0 Å². The maximum atomic E-state index is 12.8. The van der Waals surface area contributed by atoms with Crippen molar-refractivity contribution in [1.29, 1.82) is 0 Å². The van der Waals surface area contributed by atoms with Crippen molar-refractivity contribution in [3.63, 3.8) is 0 Å². The summed E-state index contributed by atoms with van der Waals surface area (Å²) in [6.45, 7) is 1.60. The van der Waals surface area contributed by atoms with Gasteiger partial charge in [0.25, 0.3) is 15.7 Å². The Balaban J connectivity index is 2.06. The normalized spacial score (nSPS) is 11.1. The molecule has 1 aromatic heterocycles. The van der Waals surface area contributed by atoms with Crippen molar-refractivity contribution >= 4 is 38.9 Å². The molecule has 9 nitrogen and oxygen atoms in total. The number of nitrogens with one attached hydrogen (secondary N) is 1. The molecule has 0 atom stereocenters. The van der Waals surface area contributed by atoms with E-state index in [2.05, 4.69) is 4.72 Å². The number of ether oxygens (including phenoxy) is 1. The highest BCUT2D eigenvalue weighted by Gasteiger charge is 2.28. The van der Waals surface area contributed by atoms with Crippen molar-refractivity contribution in [3.05, 3.63) is 70.3 Å². The third-order valence-corrected chi connectivity index (χ3v) is 6.26. The Bertz CT molecular complexity index is 1190. The highest BCUT2D eigenvalue weighted by Crippen LogP contribution is 2.42. The summed E-state index contributed by atoms with van der Waals surface area (Å²) in [7, 11) is -4.39. The van der Waals surface area contributed by atoms with Crippen LogP contribution in [-0.2, 0) is 10.0 Å². The zero-order valence-corrected chi connectivity index (χ0v) is 16.5. The lowest BCUT2D eigenvalue weighted by Crippen LogP contribution is -2.15. The van der Waals surface area contributed by atoms with Crippen LogP contribution in [0.2, 0.25) is 0 Å². The fraction of sp³-hybridized carbons (Fsp3) is 0.0556. The smallest absolute Gasteiger partial charge is 0.449 e. The first-order valence-corrected chi connectivity index (χ1v) is 10.4. The van der Waals surface area contributed by atoms with Gasteiger partial charge < -0.3 is 9.84 Å². The van der Waals surface area contributed by atoms with Crippen LogP contribution in [0.4, 0.5) is 16.2 Å². The second-order valence-corrected chi connectivity index (χ2v) is 8.55. The number of hydrogen-bond donors (Lipinski definition) is 2. The first-order valence-electron chi connectivity index (χ1n) is 8.05. The molecule has 0 amide bonds. The molecule has 3 rings (SSSR count). The predicted octanol–water partition coefficient (Wildman–Crippen LogP) is 4.49. The lowest BCUT2D eigenvalue weighted by molar-refractivity contribution is -0.387. The lowest BCUT2D eigenvalue weighted by atomic mass is 10.2. The van der Waals surface area contributed by atoms with Gasteiger partial charge in [0, 0.05) is 10.9 Å². The molecule has 1 heterocycles. The topological polar surface area (TPSA) is 136 Å². The predicted molar refractivity (Wildman–Crippen MR) is 107 cm³/mol. The van der Waals surface area contributed by atoms with Gasteiger partial charge in [0.2, 0.25) is 5.06 Å². The molecule has 0 saturated carbocycles. The minimum absolute atomic E-state index is 0.133. The van der Waals surface area contributed by atoms with Gasteiger partial charge in [0.05, 0.1) is 4.92 Å². The minimum Gasteiger partial charge on any atom is -0.449 e. The monoisotopic (exact) mass is 434 g/mol. The van der Waals surface area contributed by atoms with E-state index in [1.54, 1.807) is 37.3 Å². The number of nitro benzene ring substituents is 1. The fourth-order valence-electron chi connectivity index (χ4n) is 2.54. The molecule has 2 N–H and O–H groups in total.